The molecule has 1 aromatic heterocycles. The Hall–Kier alpha value is -2.20. The summed E-state index contributed by atoms with van der Waals surface area (Å²) in [5.74, 6) is 0.328. The number of hydrogen-bond acceptors (Lipinski definition) is 5. The maximum atomic E-state index is 12.5. The Bertz CT molecular complexity index is 636. The van der Waals surface area contributed by atoms with Crippen molar-refractivity contribution in [3.63, 3.8) is 0 Å². The smallest absolute Gasteiger partial charge is 0.229 e. The molecule has 0 spiro atoms. The molecule has 0 aliphatic carbocycles. The number of benzene rings is 1. The van der Waals surface area contributed by atoms with Crippen LogP contribution in [0, 0.1) is 18.3 Å². The molecule has 0 saturated heterocycles. The topological polar surface area (TPSA) is 73.6 Å². The van der Waals surface area contributed by atoms with E-state index in [9.17, 15) is 4.48 Å². The molecule has 0 fully saturated rings. The van der Waals surface area contributed by atoms with Crippen molar-refractivity contribution in [2.45, 2.75) is 6.92 Å². The fourth-order valence-electron chi connectivity index (χ4n) is 1.43. The highest BCUT2D eigenvalue weighted by atomic mass is 79.9. The molecular weight excluding hydrogens is 313 g/mol. The average Bonchev–Trinajstić information content (AvgIpc) is 2.43. The Kier molecular flexibility index (Phi) is 3.92. The van der Waals surface area contributed by atoms with Gasteiger partial charge in [0.15, 0.2) is 5.82 Å². The molecule has 19 heavy (non-hydrogen) atoms. The standard InChI is InChI=1S/C12H9BrFN5/c1-7-10(13)11(19-14)18-12(16-7)17-9-4-2-8(6-15)3-5-9/h2-5H,1H3,(H2,16,17,18,19). The molecular formula is C12H9BrFN5. The second kappa shape index (κ2) is 5.63. The van der Waals surface area contributed by atoms with Gasteiger partial charge >= 0.3 is 0 Å². The molecule has 0 bridgehead atoms. The minimum atomic E-state index is 0.0589. The van der Waals surface area contributed by atoms with Crippen LogP contribution >= 0.6 is 15.9 Å². The van der Waals surface area contributed by atoms with Gasteiger partial charge in [-0.25, -0.2) is 10.5 Å². The molecule has 2 rings (SSSR count). The van der Waals surface area contributed by atoms with E-state index in [0.29, 0.717) is 21.4 Å². The third-order valence-electron chi connectivity index (χ3n) is 2.38. The first kappa shape index (κ1) is 13.2. The van der Waals surface area contributed by atoms with Crippen LogP contribution in [0.3, 0.4) is 0 Å². The van der Waals surface area contributed by atoms with Crippen molar-refractivity contribution in [1.82, 2.24) is 9.97 Å². The molecule has 1 aromatic carbocycles. The molecule has 0 aliphatic heterocycles. The number of hydrogen-bond donors (Lipinski definition) is 2. The van der Waals surface area contributed by atoms with E-state index in [2.05, 4.69) is 31.2 Å². The normalized spacial score (nSPS) is 9.79. The lowest BCUT2D eigenvalue weighted by Crippen LogP contribution is -2.02. The number of rotatable bonds is 3. The van der Waals surface area contributed by atoms with E-state index in [1.807, 2.05) is 6.07 Å². The minimum absolute atomic E-state index is 0.0589. The number of nitriles is 1. The summed E-state index contributed by atoms with van der Waals surface area (Å²) in [6, 6.07) is 8.81. The van der Waals surface area contributed by atoms with Crippen LogP contribution in [0.15, 0.2) is 28.7 Å². The second-order valence-electron chi connectivity index (χ2n) is 3.70. The van der Waals surface area contributed by atoms with Crippen LogP contribution in [-0.4, -0.2) is 9.97 Å². The lowest BCUT2D eigenvalue weighted by molar-refractivity contribution is 0.610. The molecule has 2 aromatic rings. The van der Waals surface area contributed by atoms with Gasteiger partial charge < -0.3 is 5.32 Å². The van der Waals surface area contributed by atoms with E-state index >= 15 is 0 Å². The molecule has 0 radical (unpaired) electrons. The zero-order valence-corrected chi connectivity index (χ0v) is 11.5. The highest BCUT2D eigenvalue weighted by Gasteiger charge is 2.09. The van der Waals surface area contributed by atoms with Crippen LogP contribution in [0.2, 0.25) is 0 Å². The fourth-order valence-corrected chi connectivity index (χ4v) is 1.69. The molecule has 0 atom stereocenters. The molecule has 7 heteroatoms. The van der Waals surface area contributed by atoms with Crippen LogP contribution < -0.4 is 10.9 Å². The Labute approximate surface area is 117 Å². The van der Waals surface area contributed by atoms with Gasteiger partial charge in [0.25, 0.3) is 0 Å². The maximum Gasteiger partial charge on any atom is 0.229 e. The van der Waals surface area contributed by atoms with Gasteiger partial charge in [0, 0.05) is 5.69 Å². The summed E-state index contributed by atoms with van der Waals surface area (Å²) in [5.41, 5.74) is 3.38. The highest BCUT2D eigenvalue weighted by Crippen LogP contribution is 2.25. The SMILES string of the molecule is Cc1nc(Nc2ccc(C#N)cc2)nc(NF)c1Br. The molecule has 0 unspecified atom stereocenters. The van der Waals surface area contributed by atoms with Crippen LogP contribution in [0.25, 0.3) is 0 Å². The van der Waals surface area contributed by atoms with E-state index in [1.165, 1.54) is 5.54 Å². The first-order chi connectivity index (χ1) is 9.13. The van der Waals surface area contributed by atoms with Gasteiger partial charge in [-0.3, -0.25) is 0 Å². The van der Waals surface area contributed by atoms with Crippen molar-refractivity contribution in [3.05, 3.63) is 40.0 Å². The summed E-state index contributed by atoms with van der Waals surface area (Å²) in [4.78, 5) is 8.15. The quantitative estimate of drug-likeness (QED) is 0.847. The van der Waals surface area contributed by atoms with Crippen molar-refractivity contribution in [2.24, 2.45) is 0 Å². The molecule has 0 amide bonds. The predicted octanol–water partition coefficient (Wildman–Crippen LogP) is 3.46. The molecule has 96 valence electrons. The van der Waals surface area contributed by atoms with E-state index in [4.69, 9.17) is 5.26 Å². The molecule has 2 N–H and O–H groups in total. The van der Waals surface area contributed by atoms with Gasteiger partial charge in [0.2, 0.25) is 5.95 Å². The first-order valence-corrected chi connectivity index (χ1v) is 6.11. The second-order valence-corrected chi connectivity index (χ2v) is 4.50. The Morgan fingerprint density at radius 1 is 1.26 bits per heavy atom. The molecule has 5 nitrogen and oxygen atoms in total. The van der Waals surface area contributed by atoms with E-state index in [-0.39, 0.29) is 11.8 Å². The Morgan fingerprint density at radius 3 is 2.53 bits per heavy atom. The van der Waals surface area contributed by atoms with Crippen molar-refractivity contribution in [2.75, 3.05) is 10.9 Å². The lowest BCUT2D eigenvalue weighted by atomic mass is 10.2. The zero-order valence-electron chi connectivity index (χ0n) is 9.91. The monoisotopic (exact) mass is 321 g/mol. The molecule has 0 aliphatic rings. The zero-order chi connectivity index (χ0) is 13.8. The molecule has 0 saturated carbocycles. The van der Waals surface area contributed by atoms with Crippen molar-refractivity contribution >= 4 is 33.4 Å². The van der Waals surface area contributed by atoms with Gasteiger partial charge in [-0.05, 0) is 47.1 Å². The summed E-state index contributed by atoms with van der Waals surface area (Å²) in [7, 11) is 0. The third-order valence-corrected chi connectivity index (χ3v) is 3.33. The van der Waals surface area contributed by atoms with Crippen LogP contribution in [0.1, 0.15) is 11.3 Å². The molecule has 1 heterocycles. The summed E-state index contributed by atoms with van der Waals surface area (Å²) in [6.07, 6.45) is 0. The largest absolute Gasteiger partial charge is 0.324 e. The lowest BCUT2D eigenvalue weighted by Gasteiger charge is -2.08. The Balaban J connectivity index is 2.28. The van der Waals surface area contributed by atoms with Gasteiger partial charge in [-0.2, -0.15) is 10.2 Å². The summed E-state index contributed by atoms with van der Waals surface area (Å²) >= 11 is 3.19. The number of anilines is 3. The van der Waals surface area contributed by atoms with Gasteiger partial charge in [0.05, 0.1) is 21.8 Å². The van der Waals surface area contributed by atoms with Crippen LogP contribution in [-0.2, 0) is 0 Å². The number of aryl methyl sites for hydroxylation is 1. The fraction of sp³-hybridized carbons (Fsp3) is 0.0833. The number of halogens is 2. The van der Waals surface area contributed by atoms with Gasteiger partial charge in [-0.15, -0.1) is 4.48 Å². The number of nitrogens with one attached hydrogen (secondary N) is 2. The summed E-state index contributed by atoms with van der Waals surface area (Å²) in [5, 5.41) is 11.6. The number of aromatic nitrogens is 2. The Morgan fingerprint density at radius 2 is 1.95 bits per heavy atom. The minimum Gasteiger partial charge on any atom is -0.324 e. The van der Waals surface area contributed by atoms with Crippen LogP contribution in [0.4, 0.5) is 21.9 Å². The van der Waals surface area contributed by atoms with Gasteiger partial charge in [-0.1, -0.05) is 0 Å². The summed E-state index contributed by atoms with van der Waals surface area (Å²) in [6.45, 7) is 1.73. The van der Waals surface area contributed by atoms with E-state index < -0.39 is 0 Å². The first-order valence-electron chi connectivity index (χ1n) is 5.32. The maximum absolute atomic E-state index is 12.5. The summed E-state index contributed by atoms with van der Waals surface area (Å²) < 4.78 is 13.0. The van der Waals surface area contributed by atoms with Crippen molar-refractivity contribution in [3.8, 4) is 6.07 Å². The average molecular weight is 322 g/mol. The predicted molar refractivity (Wildman–Crippen MR) is 73.6 cm³/mol. The van der Waals surface area contributed by atoms with Crippen molar-refractivity contribution in [1.29, 1.82) is 5.26 Å². The number of nitrogens with zero attached hydrogens (tertiary/aromatic N) is 3. The van der Waals surface area contributed by atoms with Crippen LogP contribution in [0.5, 0.6) is 0 Å². The van der Waals surface area contributed by atoms with E-state index in [1.54, 1.807) is 31.2 Å². The van der Waals surface area contributed by atoms with E-state index in [0.717, 1.165) is 0 Å². The third kappa shape index (κ3) is 2.98. The van der Waals surface area contributed by atoms with Crippen molar-refractivity contribution < 1.29 is 4.48 Å². The highest BCUT2D eigenvalue weighted by molar-refractivity contribution is 9.10. The van der Waals surface area contributed by atoms with Gasteiger partial charge in [0.1, 0.15) is 0 Å².